The van der Waals surface area contributed by atoms with E-state index in [9.17, 15) is 10.2 Å². The van der Waals surface area contributed by atoms with Crippen LogP contribution in [0.3, 0.4) is 0 Å². The summed E-state index contributed by atoms with van der Waals surface area (Å²) in [6.45, 7) is 4.03. The Morgan fingerprint density at radius 2 is 1.83 bits per heavy atom. The highest BCUT2D eigenvalue weighted by Crippen LogP contribution is 2.35. The van der Waals surface area contributed by atoms with E-state index in [2.05, 4.69) is 0 Å². The first-order valence-electron chi connectivity index (χ1n) is 4.55. The van der Waals surface area contributed by atoms with Gasteiger partial charge in [0.25, 0.3) is 0 Å². The lowest BCUT2D eigenvalue weighted by atomic mass is 9.92. The maximum Gasteiger partial charge on any atom is 0.0852 e. The summed E-state index contributed by atoms with van der Waals surface area (Å²) in [6.07, 6.45) is -0.652. The van der Waals surface area contributed by atoms with E-state index in [1.165, 1.54) is 0 Å². The second kappa shape index (κ2) is 3.73. The average Bonchev–Trinajstić information content (AvgIpc) is 2.30. The fourth-order valence-electron chi connectivity index (χ4n) is 2.01. The molecule has 0 aromatic carbocycles. The summed E-state index contributed by atoms with van der Waals surface area (Å²) in [5, 5.41) is 27.9. The Morgan fingerprint density at radius 1 is 1.25 bits per heavy atom. The first kappa shape index (κ1) is 9.96. The van der Waals surface area contributed by atoms with Gasteiger partial charge < -0.3 is 15.3 Å². The highest BCUT2D eigenvalue weighted by Gasteiger charge is 2.41. The average molecular weight is 174 g/mol. The Kier molecular flexibility index (Phi) is 3.09. The molecule has 1 aliphatic rings. The normalized spacial score (nSPS) is 42.5. The van der Waals surface area contributed by atoms with Gasteiger partial charge in [0.05, 0.1) is 12.2 Å². The predicted molar refractivity (Wildman–Crippen MR) is 45.5 cm³/mol. The van der Waals surface area contributed by atoms with Gasteiger partial charge in [0.1, 0.15) is 0 Å². The number of hydrogen-bond acceptors (Lipinski definition) is 3. The highest BCUT2D eigenvalue weighted by atomic mass is 16.3. The van der Waals surface area contributed by atoms with Crippen molar-refractivity contribution in [2.75, 3.05) is 6.61 Å². The molecular weight excluding hydrogens is 156 g/mol. The largest absolute Gasteiger partial charge is 0.396 e. The molecule has 0 saturated heterocycles. The molecule has 1 fully saturated rings. The van der Waals surface area contributed by atoms with Crippen LogP contribution in [0, 0.1) is 17.8 Å². The summed E-state index contributed by atoms with van der Waals surface area (Å²) in [6, 6.07) is 0. The molecule has 12 heavy (non-hydrogen) atoms. The quantitative estimate of drug-likeness (QED) is 0.552. The van der Waals surface area contributed by atoms with Gasteiger partial charge in [-0.25, -0.2) is 0 Å². The minimum Gasteiger partial charge on any atom is -0.396 e. The van der Waals surface area contributed by atoms with Crippen LogP contribution in [0.1, 0.15) is 20.3 Å². The highest BCUT2D eigenvalue weighted by molar-refractivity contribution is 4.91. The first-order valence-corrected chi connectivity index (χ1v) is 4.55. The van der Waals surface area contributed by atoms with Crippen LogP contribution in [0.4, 0.5) is 0 Å². The van der Waals surface area contributed by atoms with Gasteiger partial charge in [0.2, 0.25) is 0 Å². The smallest absolute Gasteiger partial charge is 0.0852 e. The van der Waals surface area contributed by atoms with E-state index in [1.807, 2.05) is 13.8 Å². The lowest BCUT2D eigenvalue weighted by Crippen LogP contribution is -2.30. The van der Waals surface area contributed by atoms with Crippen molar-refractivity contribution in [2.45, 2.75) is 32.5 Å². The Balaban J connectivity index is 2.60. The van der Waals surface area contributed by atoms with Crippen molar-refractivity contribution < 1.29 is 15.3 Å². The molecule has 0 aromatic heterocycles. The second-order valence-corrected chi connectivity index (χ2v) is 4.07. The molecule has 0 spiro atoms. The molecule has 3 heteroatoms. The van der Waals surface area contributed by atoms with Gasteiger partial charge in [0, 0.05) is 12.5 Å². The Hall–Kier alpha value is -0.120. The summed E-state index contributed by atoms with van der Waals surface area (Å²) < 4.78 is 0. The van der Waals surface area contributed by atoms with Crippen LogP contribution in [0.5, 0.6) is 0 Å². The molecule has 72 valence electrons. The Bertz CT molecular complexity index is 147. The van der Waals surface area contributed by atoms with Crippen molar-refractivity contribution >= 4 is 0 Å². The van der Waals surface area contributed by atoms with Crippen molar-refractivity contribution in [3.8, 4) is 0 Å². The van der Waals surface area contributed by atoms with E-state index < -0.39 is 12.2 Å². The van der Waals surface area contributed by atoms with Crippen molar-refractivity contribution in [3.05, 3.63) is 0 Å². The molecule has 0 heterocycles. The van der Waals surface area contributed by atoms with E-state index in [-0.39, 0.29) is 18.4 Å². The van der Waals surface area contributed by atoms with E-state index in [1.54, 1.807) is 0 Å². The summed E-state index contributed by atoms with van der Waals surface area (Å²) >= 11 is 0. The minimum atomic E-state index is -0.734. The zero-order valence-corrected chi connectivity index (χ0v) is 7.64. The van der Waals surface area contributed by atoms with Crippen LogP contribution in [0.2, 0.25) is 0 Å². The first-order chi connectivity index (χ1) is 5.57. The summed E-state index contributed by atoms with van der Waals surface area (Å²) in [5.41, 5.74) is 0. The summed E-state index contributed by atoms with van der Waals surface area (Å²) in [7, 11) is 0. The van der Waals surface area contributed by atoms with Crippen LogP contribution < -0.4 is 0 Å². The Labute approximate surface area is 73.0 Å². The molecule has 0 aromatic rings. The van der Waals surface area contributed by atoms with Crippen LogP contribution in [-0.2, 0) is 0 Å². The molecule has 3 N–H and O–H groups in total. The zero-order chi connectivity index (χ0) is 9.30. The SMILES string of the molecule is CC(C)[C@@H]1C[C@H](CO)[C@@H](O)[C@@H]1O. The fourth-order valence-corrected chi connectivity index (χ4v) is 2.01. The van der Waals surface area contributed by atoms with Gasteiger partial charge >= 0.3 is 0 Å². The molecule has 1 saturated carbocycles. The molecular formula is C9H18O3. The predicted octanol–water partition coefficient (Wildman–Crippen LogP) is -0.00740. The number of aliphatic hydroxyl groups is 3. The third-order valence-corrected chi connectivity index (χ3v) is 2.94. The molecule has 0 unspecified atom stereocenters. The number of aliphatic hydroxyl groups excluding tert-OH is 3. The monoisotopic (exact) mass is 174 g/mol. The van der Waals surface area contributed by atoms with E-state index >= 15 is 0 Å². The van der Waals surface area contributed by atoms with Crippen LogP contribution in [0.25, 0.3) is 0 Å². The van der Waals surface area contributed by atoms with E-state index in [0.717, 1.165) is 6.42 Å². The lowest BCUT2D eigenvalue weighted by Gasteiger charge is -2.19. The number of rotatable bonds is 2. The molecule has 0 radical (unpaired) electrons. The zero-order valence-electron chi connectivity index (χ0n) is 7.64. The molecule has 0 bridgehead atoms. The van der Waals surface area contributed by atoms with Crippen molar-refractivity contribution in [3.63, 3.8) is 0 Å². The second-order valence-electron chi connectivity index (χ2n) is 4.07. The van der Waals surface area contributed by atoms with Gasteiger partial charge in [-0.15, -0.1) is 0 Å². The Morgan fingerprint density at radius 3 is 2.08 bits per heavy atom. The van der Waals surface area contributed by atoms with Gasteiger partial charge in [-0.3, -0.25) is 0 Å². The maximum atomic E-state index is 9.57. The molecule has 4 atom stereocenters. The fraction of sp³-hybridized carbons (Fsp3) is 1.00. The van der Waals surface area contributed by atoms with Gasteiger partial charge in [-0.2, -0.15) is 0 Å². The van der Waals surface area contributed by atoms with Gasteiger partial charge in [0.15, 0.2) is 0 Å². The van der Waals surface area contributed by atoms with Crippen molar-refractivity contribution in [1.82, 2.24) is 0 Å². The summed E-state index contributed by atoms with van der Waals surface area (Å²) in [4.78, 5) is 0. The van der Waals surface area contributed by atoms with E-state index in [4.69, 9.17) is 5.11 Å². The molecule has 3 nitrogen and oxygen atoms in total. The van der Waals surface area contributed by atoms with E-state index in [0.29, 0.717) is 5.92 Å². The standard InChI is InChI=1S/C9H18O3/c1-5(2)7-3-6(4-10)8(11)9(7)12/h5-12H,3-4H2,1-2H3/t6-,7+,8-,9-/m1/s1. The minimum absolute atomic E-state index is 0.0263. The van der Waals surface area contributed by atoms with Crippen LogP contribution >= 0.6 is 0 Å². The van der Waals surface area contributed by atoms with Gasteiger partial charge in [-0.1, -0.05) is 13.8 Å². The van der Waals surface area contributed by atoms with Crippen LogP contribution in [-0.4, -0.2) is 34.1 Å². The maximum absolute atomic E-state index is 9.57. The molecule has 0 amide bonds. The lowest BCUT2D eigenvalue weighted by molar-refractivity contribution is -0.0120. The molecule has 1 aliphatic carbocycles. The van der Waals surface area contributed by atoms with Crippen molar-refractivity contribution in [2.24, 2.45) is 17.8 Å². The number of hydrogen-bond donors (Lipinski definition) is 3. The molecule has 1 rings (SSSR count). The third-order valence-electron chi connectivity index (χ3n) is 2.94. The third kappa shape index (κ3) is 1.63. The van der Waals surface area contributed by atoms with Crippen molar-refractivity contribution in [1.29, 1.82) is 0 Å². The summed E-state index contributed by atoms with van der Waals surface area (Å²) in [5.74, 6) is 0.371. The van der Waals surface area contributed by atoms with Crippen LogP contribution in [0.15, 0.2) is 0 Å². The van der Waals surface area contributed by atoms with Gasteiger partial charge in [-0.05, 0) is 18.3 Å². The topological polar surface area (TPSA) is 60.7 Å². The molecule has 0 aliphatic heterocycles.